The van der Waals surface area contributed by atoms with Crippen LogP contribution in [0, 0.1) is 5.92 Å². The molecule has 0 aromatic carbocycles. The minimum atomic E-state index is -0.295. The van der Waals surface area contributed by atoms with Gasteiger partial charge in [0.2, 0.25) is 11.8 Å². The Balaban J connectivity index is 2.59. The SMILES string of the molecule is CC(=O)NCC(=O)N1CCCC1C(=O)C(C)C. The van der Waals surface area contributed by atoms with E-state index < -0.39 is 0 Å². The Bertz CT molecular complexity index is 326. The third-order valence-corrected chi connectivity index (χ3v) is 2.96. The summed E-state index contributed by atoms with van der Waals surface area (Å²) in [4.78, 5) is 36.1. The Hall–Kier alpha value is -1.39. The second-order valence-electron chi connectivity index (χ2n) is 4.71. The standard InChI is InChI=1S/C12H20N2O3/c1-8(2)12(17)10-5-4-6-14(10)11(16)7-13-9(3)15/h8,10H,4-7H2,1-3H3,(H,13,15). The van der Waals surface area contributed by atoms with Crippen molar-refractivity contribution in [3.05, 3.63) is 0 Å². The van der Waals surface area contributed by atoms with Gasteiger partial charge in [0.25, 0.3) is 0 Å². The molecule has 1 saturated heterocycles. The highest BCUT2D eigenvalue weighted by molar-refractivity contribution is 5.92. The van der Waals surface area contributed by atoms with Gasteiger partial charge in [0, 0.05) is 19.4 Å². The molecule has 1 heterocycles. The van der Waals surface area contributed by atoms with Crippen LogP contribution in [0.4, 0.5) is 0 Å². The Morgan fingerprint density at radius 3 is 2.53 bits per heavy atom. The number of likely N-dealkylation sites (tertiary alicyclic amines) is 1. The molecule has 1 unspecified atom stereocenters. The van der Waals surface area contributed by atoms with Crippen LogP contribution in [0.25, 0.3) is 0 Å². The van der Waals surface area contributed by atoms with Crippen LogP contribution < -0.4 is 5.32 Å². The van der Waals surface area contributed by atoms with E-state index in [0.717, 1.165) is 12.8 Å². The van der Waals surface area contributed by atoms with Crippen molar-refractivity contribution in [3.8, 4) is 0 Å². The van der Waals surface area contributed by atoms with Crippen LogP contribution in [0.3, 0.4) is 0 Å². The Kier molecular flexibility index (Phi) is 4.66. The number of ketones is 1. The first-order chi connectivity index (χ1) is 7.93. The molecule has 1 fully saturated rings. The molecule has 1 rings (SSSR count). The van der Waals surface area contributed by atoms with Crippen LogP contribution in [0.5, 0.6) is 0 Å². The second kappa shape index (κ2) is 5.80. The molecule has 17 heavy (non-hydrogen) atoms. The van der Waals surface area contributed by atoms with Crippen molar-refractivity contribution in [2.24, 2.45) is 5.92 Å². The molecule has 0 bridgehead atoms. The van der Waals surface area contributed by atoms with Gasteiger partial charge in [0.05, 0.1) is 12.6 Å². The average Bonchev–Trinajstić information content (AvgIpc) is 2.73. The molecule has 1 aliphatic rings. The van der Waals surface area contributed by atoms with E-state index in [4.69, 9.17) is 0 Å². The summed E-state index contributed by atoms with van der Waals surface area (Å²) in [5, 5.41) is 2.47. The van der Waals surface area contributed by atoms with Crippen molar-refractivity contribution in [2.75, 3.05) is 13.1 Å². The molecule has 0 radical (unpaired) electrons. The fourth-order valence-corrected chi connectivity index (χ4v) is 2.05. The molecule has 1 atom stereocenters. The maximum atomic E-state index is 11.9. The summed E-state index contributed by atoms with van der Waals surface area (Å²) in [5.74, 6) is -0.353. The number of Topliss-reactive ketones (excluding diaryl/α,β-unsaturated/α-hetero) is 1. The fraction of sp³-hybridized carbons (Fsp3) is 0.750. The number of nitrogens with one attached hydrogen (secondary N) is 1. The van der Waals surface area contributed by atoms with Crippen LogP contribution in [-0.2, 0) is 14.4 Å². The van der Waals surface area contributed by atoms with Crippen molar-refractivity contribution < 1.29 is 14.4 Å². The normalized spacial score (nSPS) is 19.5. The molecular formula is C12H20N2O3. The molecule has 5 nitrogen and oxygen atoms in total. The van der Waals surface area contributed by atoms with E-state index in [-0.39, 0.29) is 36.1 Å². The van der Waals surface area contributed by atoms with Gasteiger partial charge in [-0.1, -0.05) is 13.8 Å². The largest absolute Gasteiger partial charge is 0.347 e. The van der Waals surface area contributed by atoms with E-state index in [0.29, 0.717) is 6.54 Å². The highest BCUT2D eigenvalue weighted by Crippen LogP contribution is 2.20. The predicted octanol–water partition coefficient (Wildman–Crippen LogP) is 0.339. The maximum absolute atomic E-state index is 11.9. The molecule has 1 N–H and O–H groups in total. The Morgan fingerprint density at radius 2 is 2.00 bits per heavy atom. The van der Waals surface area contributed by atoms with E-state index in [9.17, 15) is 14.4 Å². The van der Waals surface area contributed by atoms with Crippen molar-refractivity contribution in [1.82, 2.24) is 10.2 Å². The third-order valence-electron chi connectivity index (χ3n) is 2.96. The molecule has 96 valence electrons. The number of carbonyl (C=O) groups excluding carboxylic acids is 3. The zero-order valence-corrected chi connectivity index (χ0v) is 10.7. The summed E-state index contributed by atoms with van der Waals surface area (Å²) in [6.45, 7) is 5.65. The van der Waals surface area contributed by atoms with E-state index in [1.165, 1.54) is 6.92 Å². The first-order valence-electron chi connectivity index (χ1n) is 6.01. The zero-order valence-electron chi connectivity index (χ0n) is 10.7. The summed E-state index contributed by atoms with van der Waals surface area (Å²) < 4.78 is 0. The quantitative estimate of drug-likeness (QED) is 0.770. The minimum absolute atomic E-state index is 0.0167. The van der Waals surface area contributed by atoms with Crippen LogP contribution in [0.1, 0.15) is 33.6 Å². The molecular weight excluding hydrogens is 220 g/mol. The van der Waals surface area contributed by atoms with E-state index in [1.54, 1.807) is 4.90 Å². The summed E-state index contributed by atoms with van der Waals surface area (Å²) in [6, 6.07) is -0.295. The van der Waals surface area contributed by atoms with Gasteiger partial charge < -0.3 is 10.2 Å². The lowest BCUT2D eigenvalue weighted by Crippen LogP contribution is -2.46. The van der Waals surface area contributed by atoms with Crippen LogP contribution in [0.2, 0.25) is 0 Å². The monoisotopic (exact) mass is 240 g/mol. The van der Waals surface area contributed by atoms with Crippen LogP contribution in [0.15, 0.2) is 0 Å². The first kappa shape index (κ1) is 13.7. The second-order valence-corrected chi connectivity index (χ2v) is 4.71. The smallest absolute Gasteiger partial charge is 0.242 e. The summed E-state index contributed by atoms with van der Waals surface area (Å²) in [7, 11) is 0. The highest BCUT2D eigenvalue weighted by atomic mass is 16.2. The third kappa shape index (κ3) is 3.54. The molecule has 0 saturated carbocycles. The molecule has 0 spiro atoms. The molecule has 2 amide bonds. The molecule has 5 heteroatoms. The van der Waals surface area contributed by atoms with Gasteiger partial charge in [0.15, 0.2) is 5.78 Å². The molecule has 1 aliphatic heterocycles. The average molecular weight is 240 g/mol. The van der Waals surface area contributed by atoms with E-state index in [1.807, 2.05) is 13.8 Å². The van der Waals surface area contributed by atoms with Gasteiger partial charge in [-0.2, -0.15) is 0 Å². The van der Waals surface area contributed by atoms with E-state index in [2.05, 4.69) is 5.32 Å². The Morgan fingerprint density at radius 1 is 1.35 bits per heavy atom. The lowest BCUT2D eigenvalue weighted by Gasteiger charge is -2.25. The van der Waals surface area contributed by atoms with Gasteiger partial charge >= 0.3 is 0 Å². The number of amides is 2. The van der Waals surface area contributed by atoms with Gasteiger partial charge in [0.1, 0.15) is 0 Å². The van der Waals surface area contributed by atoms with Gasteiger partial charge in [-0.3, -0.25) is 14.4 Å². The molecule has 0 aromatic rings. The van der Waals surface area contributed by atoms with Gasteiger partial charge in [-0.15, -0.1) is 0 Å². The number of nitrogens with zero attached hydrogens (tertiary/aromatic N) is 1. The van der Waals surface area contributed by atoms with Gasteiger partial charge in [-0.05, 0) is 12.8 Å². The van der Waals surface area contributed by atoms with Crippen LogP contribution in [-0.4, -0.2) is 41.6 Å². The summed E-state index contributed by atoms with van der Waals surface area (Å²) >= 11 is 0. The number of hydrogen-bond donors (Lipinski definition) is 1. The van der Waals surface area contributed by atoms with Crippen molar-refractivity contribution >= 4 is 17.6 Å². The molecule has 0 aromatic heterocycles. The Labute approximate surface area is 102 Å². The van der Waals surface area contributed by atoms with Crippen molar-refractivity contribution in [3.63, 3.8) is 0 Å². The zero-order chi connectivity index (χ0) is 13.0. The highest BCUT2D eigenvalue weighted by Gasteiger charge is 2.34. The lowest BCUT2D eigenvalue weighted by molar-refractivity contribution is -0.138. The maximum Gasteiger partial charge on any atom is 0.242 e. The van der Waals surface area contributed by atoms with E-state index >= 15 is 0 Å². The van der Waals surface area contributed by atoms with Crippen molar-refractivity contribution in [2.45, 2.75) is 39.7 Å². The summed E-state index contributed by atoms with van der Waals surface area (Å²) in [5.41, 5.74) is 0. The van der Waals surface area contributed by atoms with Crippen LogP contribution >= 0.6 is 0 Å². The molecule has 0 aliphatic carbocycles. The lowest BCUT2D eigenvalue weighted by atomic mass is 10.00. The number of rotatable bonds is 4. The number of hydrogen-bond acceptors (Lipinski definition) is 3. The predicted molar refractivity (Wildman–Crippen MR) is 63.3 cm³/mol. The van der Waals surface area contributed by atoms with Gasteiger partial charge in [-0.25, -0.2) is 0 Å². The number of carbonyl (C=O) groups is 3. The topological polar surface area (TPSA) is 66.5 Å². The fourth-order valence-electron chi connectivity index (χ4n) is 2.05. The summed E-state index contributed by atoms with van der Waals surface area (Å²) in [6.07, 6.45) is 1.60. The minimum Gasteiger partial charge on any atom is -0.347 e. The van der Waals surface area contributed by atoms with Crippen molar-refractivity contribution in [1.29, 1.82) is 0 Å². The first-order valence-corrected chi connectivity index (χ1v) is 6.01.